The number of rotatable bonds is 4. The van der Waals surface area contributed by atoms with Gasteiger partial charge in [-0.15, -0.1) is 0 Å². The number of likely N-dealkylation sites (N-methyl/N-ethyl adjacent to an activating group) is 1. The van der Waals surface area contributed by atoms with Gasteiger partial charge in [-0.1, -0.05) is 0 Å². The molecule has 0 bridgehead atoms. The topological polar surface area (TPSA) is 82.1 Å². The van der Waals surface area contributed by atoms with Crippen molar-refractivity contribution < 1.29 is 17.9 Å². The Balaban J connectivity index is 1.61. The summed E-state index contributed by atoms with van der Waals surface area (Å²) < 4.78 is 43.8. The minimum Gasteiger partial charge on any atom is -0.433 e. The molecule has 0 amide bonds. The highest BCUT2D eigenvalue weighted by Gasteiger charge is 2.28. The molecule has 158 valence electrons. The minimum atomic E-state index is -4.37. The maximum Gasteiger partial charge on any atom is 0.408 e. The van der Waals surface area contributed by atoms with Gasteiger partial charge in [0.05, 0.1) is 24.3 Å². The summed E-state index contributed by atoms with van der Waals surface area (Å²) in [6.07, 6.45) is 0.504. The number of aromatic nitrogens is 4. The first kappa shape index (κ1) is 20.1. The molecule has 1 aliphatic rings. The minimum absolute atomic E-state index is 0.0200. The fraction of sp³-hybridized carbons (Fsp3) is 0.350. The molecule has 4 rings (SSSR count). The van der Waals surface area contributed by atoms with Gasteiger partial charge >= 0.3 is 6.18 Å². The zero-order valence-corrected chi connectivity index (χ0v) is 16.6. The van der Waals surface area contributed by atoms with Gasteiger partial charge in [-0.2, -0.15) is 18.3 Å². The number of hydrogen-bond acceptors (Lipinski definition) is 6. The second-order valence-corrected chi connectivity index (χ2v) is 7.46. The normalized spacial score (nSPS) is 14.6. The fourth-order valence-electron chi connectivity index (χ4n) is 3.58. The summed E-state index contributed by atoms with van der Waals surface area (Å²) in [5, 5.41) is 3.65. The Morgan fingerprint density at radius 3 is 2.80 bits per heavy atom. The fourth-order valence-corrected chi connectivity index (χ4v) is 3.58. The van der Waals surface area contributed by atoms with Crippen molar-refractivity contribution in [3.8, 4) is 22.9 Å². The van der Waals surface area contributed by atoms with Crippen molar-refractivity contribution in [3.63, 3.8) is 0 Å². The van der Waals surface area contributed by atoms with E-state index in [9.17, 15) is 13.2 Å². The smallest absolute Gasteiger partial charge is 0.408 e. The van der Waals surface area contributed by atoms with E-state index in [1.54, 1.807) is 6.20 Å². The molecule has 2 N–H and O–H groups in total. The lowest BCUT2D eigenvalue weighted by Crippen LogP contribution is -2.27. The Bertz CT molecular complexity index is 1080. The highest BCUT2D eigenvalue weighted by molar-refractivity contribution is 5.64. The lowest BCUT2D eigenvalue weighted by Gasteiger charge is -2.27. The molecule has 0 atom stereocenters. The number of nitrogens with two attached hydrogens (primary N) is 1. The van der Waals surface area contributed by atoms with Crippen molar-refractivity contribution in [1.82, 2.24) is 24.6 Å². The molecule has 1 aliphatic heterocycles. The first-order chi connectivity index (χ1) is 14.2. The molecule has 0 aliphatic carbocycles. The molecule has 10 heteroatoms. The van der Waals surface area contributed by atoms with E-state index in [0.29, 0.717) is 5.69 Å². The molecule has 0 fully saturated rings. The van der Waals surface area contributed by atoms with Crippen LogP contribution < -0.4 is 10.5 Å². The van der Waals surface area contributed by atoms with Gasteiger partial charge in [-0.3, -0.25) is 4.68 Å². The Morgan fingerprint density at radius 1 is 1.23 bits per heavy atom. The van der Waals surface area contributed by atoms with Crippen LogP contribution in [0.1, 0.15) is 16.7 Å². The van der Waals surface area contributed by atoms with Crippen LogP contribution in [0.25, 0.3) is 11.3 Å². The number of halogens is 3. The maximum atomic E-state index is 12.5. The predicted molar refractivity (Wildman–Crippen MR) is 105 cm³/mol. The van der Waals surface area contributed by atoms with Gasteiger partial charge in [-0.05, 0) is 49.2 Å². The third kappa shape index (κ3) is 4.38. The first-order valence-corrected chi connectivity index (χ1v) is 9.39. The molecular weight excluding hydrogens is 397 g/mol. The quantitative estimate of drug-likeness (QED) is 0.698. The number of ether oxygens (including phenoxy) is 1. The summed E-state index contributed by atoms with van der Waals surface area (Å²) in [7, 11) is 2.08. The van der Waals surface area contributed by atoms with Crippen LogP contribution in [0.3, 0.4) is 0 Å². The van der Waals surface area contributed by atoms with Crippen LogP contribution in [0.2, 0.25) is 0 Å². The molecular formula is C20H21F3N6O. The lowest BCUT2D eigenvalue weighted by atomic mass is 9.92. The number of nitrogens with zero attached hydrogens (tertiary/aromatic N) is 5. The molecule has 2 aromatic heterocycles. The van der Waals surface area contributed by atoms with Gasteiger partial charge in [0, 0.05) is 18.7 Å². The third-order valence-electron chi connectivity index (χ3n) is 4.98. The summed E-state index contributed by atoms with van der Waals surface area (Å²) in [4.78, 5) is 10.9. The molecule has 0 saturated carbocycles. The average Bonchev–Trinajstić information content (AvgIpc) is 3.08. The van der Waals surface area contributed by atoms with Crippen molar-refractivity contribution in [2.24, 2.45) is 0 Å². The van der Waals surface area contributed by atoms with Crippen LogP contribution in [0.15, 0.2) is 30.7 Å². The number of aryl methyl sites for hydroxylation is 1. The van der Waals surface area contributed by atoms with Gasteiger partial charge in [0.1, 0.15) is 6.54 Å². The van der Waals surface area contributed by atoms with Crippen LogP contribution in [0.4, 0.5) is 19.0 Å². The van der Waals surface area contributed by atoms with E-state index in [0.717, 1.165) is 36.0 Å². The molecule has 0 spiro atoms. The van der Waals surface area contributed by atoms with Crippen molar-refractivity contribution >= 4 is 5.82 Å². The number of alkyl halides is 3. The number of hydrogen-bond donors (Lipinski definition) is 1. The number of nitrogen functional groups attached to an aromatic ring is 1. The molecule has 3 aromatic rings. The molecule has 0 radical (unpaired) electrons. The first-order valence-electron chi connectivity index (χ1n) is 9.39. The van der Waals surface area contributed by atoms with E-state index < -0.39 is 12.7 Å². The van der Waals surface area contributed by atoms with Gasteiger partial charge in [0.25, 0.3) is 5.88 Å². The number of fused-ring (bicyclic) bond motifs is 1. The lowest BCUT2D eigenvalue weighted by molar-refractivity contribution is -0.142. The van der Waals surface area contributed by atoms with E-state index in [1.807, 2.05) is 0 Å². The SMILES string of the molecule is Cc1cc(-c2cnc(N)c(Oc3cnn(CC(F)(F)F)c3)n2)cc2c1CCN(C)C2. The molecule has 0 unspecified atom stereocenters. The highest BCUT2D eigenvalue weighted by Crippen LogP contribution is 2.31. The monoisotopic (exact) mass is 418 g/mol. The summed E-state index contributed by atoms with van der Waals surface area (Å²) in [6, 6.07) is 4.14. The third-order valence-corrected chi connectivity index (χ3v) is 4.98. The number of benzene rings is 1. The van der Waals surface area contributed by atoms with Crippen LogP contribution >= 0.6 is 0 Å². The largest absolute Gasteiger partial charge is 0.433 e. The molecule has 1 aromatic carbocycles. The average molecular weight is 418 g/mol. The van der Waals surface area contributed by atoms with Crippen molar-refractivity contribution in [2.45, 2.75) is 32.6 Å². The Morgan fingerprint density at radius 2 is 2.03 bits per heavy atom. The van der Waals surface area contributed by atoms with Crippen LogP contribution in [-0.2, 0) is 19.5 Å². The molecule has 3 heterocycles. The van der Waals surface area contributed by atoms with Gasteiger partial charge in [0.2, 0.25) is 0 Å². The van der Waals surface area contributed by atoms with E-state index in [-0.39, 0.29) is 17.4 Å². The molecule has 0 saturated heterocycles. The highest BCUT2D eigenvalue weighted by atomic mass is 19.4. The van der Waals surface area contributed by atoms with Gasteiger partial charge in [-0.25, -0.2) is 9.97 Å². The molecule has 7 nitrogen and oxygen atoms in total. The Labute approximate surface area is 171 Å². The van der Waals surface area contributed by atoms with Crippen molar-refractivity contribution in [1.29, 1.82) is 0 Å². The Kier molecular flexibility index (Phi) is 5.10. The summed E-state index contributed by atoms with van der Waals surface area (Å²) in [5.41, 5.74) is 11.1. The van der Waals surface area contributed by atoms with Crippen LogP contribution in [-0.4, -0.2) is 44.4 Å². The van der Waals surface area contributed by atoms with Crippen molar-refractivity contribution in [2.75, 3.05) is 19.3 Å². The summed E-state index contributed by atoms with van der Waals surface area (Å²) >= 11 is 0. The zero-order valence-electron chi connectivity index (χ0n) is 16.6. The van der Waals surface area contributed by atoms with Gasteiger partial charge < -0.3 is 15.4 Å². The maximum absolute atomic E-state index is 12.5. The standard InChI is InChI=1S/C20H21F3N6O/c1-12-5-13(6-14-9-28(2)4-3-16(12)14)17-8-25-18(24)19(27-17)30-15-7-26-29(10-15)11-20(21,22)23/h5-8,10H,3-4,9,11H2,1-2H3,(H2,24,25). The van der Waals surface area contributed by atoms with E-state index in [4.69, 9.17) is 10.5 Å². The van der Waals surface area contributed by atoms with Crippen molar-refractivity contribution in [3.05, 3.63) is 47.4 Å². The second kappa shape index (κ2) is 7.60. The van der Waals surface area contributed by atoms with Crippen LogP contribution in [0, 0.1) is 6.92 Å². The Hall–Kier alpha value is -3.14. The molecule has 30 heavy (non-hydrogen) atoms. The second-order valence-electron chi connectivity index (χ2n) is 7.46. The van der Waals surface area contributed by atoms with Gasteiger partial charge in [0.15, 0.2) is 11.6 Å². The summed E-state index contributed by atoms with van der Waals surface area (Å²) in [5.74, 6) is 0.156. The van der Waals surface area contributed by atoms with E-state index in [1.165, 1.54) is 22.9 Å². The van der Waals surface area contributed by atoms with E-state index >= 15 is 0 Å². The van der Waals surface area contributed by atoms with E-state index in [2.05, 4.69) is 46.1 Å². The van der Waals surface area contributed by atoms with Crippen LogP contribution in [0.5, 0.6) is 11.6 Å². The number of anilines is 1. The zero-order chi connectivity index (χ0) is 21.5. The summed E-state index contributed by atoms with van der Waals surface area (Å²) in [6.45, 7) is 2.74. The predicted octanol–water partition coefficient (Wildman–Crippen LogP) is 3.57.